The summed E-state index contributed by atoms with van der Waals surface area (Å²) in [6, 6.07) is 16.9. The molecule has 0 aliphatic heterocycles. The molecule has 9 nitrogen and oxygen atoms in total. The second-order valence-corrected chi connectivity index (χ2v) is 7.53. The van der Waals surface area contributed by atoms with E-state index in [0.717, 1.165) is 22.7 Å². The van der Waals surface area contributed by atoms with E-state index >= 15 is 0 Å². The molecule has 0 bridgehead atoms. The van der Waals surface area contributed by atoms with Gasteiger partial charge in [-0.15, -0.1) is 0 Å². The van der Waals surface area contributed by atoms with Gasteiger partial charge in [-0.25, -0.2) is 4.98 Å². The molecule has 1 aromatic heterocycles. The highest BCUT2D eigenvalue weighted by Crippen LogP contribution is 2.28. The molecule has 166 valence electrons. The second-order valence-electron chi connectivity index (χ2n) is 7.12. The highest BCUT2D eigenvalue weighted by Gasteiger charge is 2.19. The standard InChI is InChI=1S/C23H18N4O5S/c1-13-3-9-19-17(11-13)25-22(32-19)14-4-7-16(8-5-14)24-23(33)26-21(28)15-6-10-20(31-2)18(12-15)27(29)30/h3-12H,1-2H3,(H2,24,26,28,33). The van der Waals surface area contributed by atoms with Crippen LogP contribution in [0.5, 0.6) is 5.75 Å². The number of thiocarbonyl (C=S) groups is 1. The number of oxazole rings is 1. The summed E-state index contributed by atoms with van der Waals surface area (Å²) in [5, 5.41) is 16.6. The number of amides is 1. The lowest BCUT2D eigenvalue weighted by Crippen LogP contribution is -2.34. The minimum atomic E-state index is -0.619. The van der Waals surface area contributed by atoms with Gasteiger partial charge < -0.3 is 14.5 Å². The molecule has 0 atom stereocenters. The first-order valence-electron chi connectivity index (χ1n) is 9.76. The van der Waals surface area contributed by atoms with E-state index < -0.39 is 10.8 Å². The smallest absolute Gasteiger partial charge is 0.311 e. The van der Waals surface area contributed by atoms with Crippen molar-refractivity contribution in [3.8, 4) is 17.2 Å². The zero-order valence-corrected chi connectivity index (χ0v) is 18.4. The van der Waals surface area contributed by atoms with Crippen molar-refractivity contribution in [1.29, 1.82) is 0 Å². The Morgan fingerprint density at radius 3 is 2.58 bits per heavy atom. The normalized spacial score (nSPS) is 10.6. The van der Waals surface area contributed by atoms with Crippen LogP contribution in [0.2, 0.25) is 0 Å². The first-order valence-corrected chi connectivity index (χ1v) is 10.2. The molecule has 0 spiro atoms. The van der Waals surface area contributed by atoms with Gasteiger partial charge in [0.1, 0.15) is 5.52 Å². The molecular formula is C23H18N4O5S. The second kappa shape index (κ2) is 9.05. The molecule has 1 amide bonds. The lowest BCUT2D eigenvalue weighted by atomic mass is 10.1. The Morgan fingerprint density at radius 1 is 1.12 bits per heavy atom. The number of aryl methyl sites for hydroxylation is 1. The minimum absolute atomic E-state index is 0.0450. The number of methoxy groups -OCH3 is 1. The Bertz CT molecular complexity index is 1380. The van der Waals surface area contributed by atoms with Crippen LogP contribution in [0.25, 0.3) is 22.6 Å². The maximum Gasteiger partial charge on any atom is 0.311 e. The van der Waals surface area contributed by atoms with Crippen molar-refractivity contribution >= 4 is 45.7 Å². The largest absolute Gasteiger partial charge is 0.490 e. The number of carbonyl (C=O) groups is 1. The van der Waals surface area contributed by atoms with Crippen LogP contribution in [0.3, 0.4) is 0 Å². The van der Waals surface area contributed by atoms with Crippen LogP contribution < -0.4 is 15.4 Å². The molecule has 4 rings (SSSR count). The molecule has 1 heterocycles. The summed E-state index contributed by atoms with van der Waals surface area (Å²) in [6.45, 7) is 1.99. The molecule has 0 fully saturated rings. The Kier molecular flexibility index (Phi) is 6.01. The fourth-order valence-electron chi connectivity index (χ4n) is 3.17. The van der Waals surface area contributed by atoms with Crippen molar-refractivity contribution in [2.45, 2.75) is 6.92 Å². The van der Waals surface area contributed by atoms with Crippen molar-refractivity contribution in [3.05, 3.63) is 81.9 Å². The fraction of sp³-hybridized carbons (Fsp3) is 0.0870. The summed E-state index contributed by atoms with van der Waals surface area (Å²) in [5.74, 6) is -0.0257. The van der Waals surface area contributed by atoms with Crippen LogP contribution >= 0.6 is 12.2 Å². The van der Waals surface area contributed by atoms with Crippen LogP contribution in [-0.2, 0) is 0 Å². The molecule has 0 unspecified atom stereocenters. The van der Waals surface area contributed by atoms with Crippen molar-refractivity contribution in [2.24, 2.45) is 0 Å². The molecule has 0 aliphatic rings. The van der Waals surface area contributed by atoms with Gasteiger partial charge in [0.05, 0.1) is 12.0 Å². The number of aromatic nitrogens is 1. The molecule has 2 N–H and O–H groups in total. The number of benzene rings is 3. The Hall–Kier alpha value is -4.31. The molecule has 0 radical (unpaired) electrons. The van der Waals surface area contributed by atoms with E-state index in [0.29, 0.717) is 17.2 Å². The number of anilines is 1. The van der Waals surface area contributed by atoms with Crippen LogP contribution in [-0.4, -0.2) is 28.0 Å². The van der Waals surface area contributed by atoms with E-state index in [-0.39, 0.29) is 22.1 Å². The summed E-state index contributed by atoms with van der Waals surface area (Å²) < 4.78 is 10.7. The van der Waals surface area contributed by atoms with E-state index in [9.17, 15) is 14.9 Å². The van der Waals surface area contributed by atoms with E-state index in [1.54, 1.807) is 12.1 Å². The van der Waals surface area contributed by atoms with Gasteiger partial charge in [-0.3, -0.25) is 20.2 Å². The number of fused-ring (bicyclic) bond motifs is 1. The monoisotopic (exact) mass is 462 g/mol. The molecular weight excluding hydrogens is 444 g/mol. The quantitative estimate of drug-likeness (QED) is 0.245. The van der Waals surface area contributed by atoms with Gasteiger partial charge in [0.25, 0.3) is 5.91 Å². The van der Waals surface area contributed by atoms with Gasteiger partial charge in [0, 0.05) is 22.9 Å². The number of hydrogen-bond acceptors (Lipinski definition) is 7. The molecule has 33 heavy (non-hydrogen) atoms. The SMILES string of the molecule is COc1ccc(C(=O)NC(=S)Nc2ccc(-c3nc4cc(C)ccc4o3)cc2)cc1[N+](=O)[O-]. The Labute approximate surface area is 193 Å². The number of nitrogens with zero attached hydrogens (tertiary/aromatic N) is 2. The third-order valence-electron chi connectivity index (χ3n) is 4.80. The predicted molar refractivity (Wildman–Crippen MR) is 128 cm³/mol. The van der Waals surface area contributed by atoms with Crippen molar-refractivity contribution < 1.29 is 18.9 Å². The predicted octanol–water partition coefficient (Wildman–Crippen LogP) is 4.85. The van der Waals surface area contributed by atoms with E-state index in [4.69, 9.17) is 21.4 Å². The lowest BCUT2D eigenvalue weighted by Gasteiger charge is -2.10. The Balaban J connectivity index is 1.43. The van der Waals surface area contributed by atoms with Gasteiger partial charge in [0.15, 0.2) is 16.4 Å². The summed E-state index contributed by atoms with van der Waals surface area (Å²) in [4.78, 5) is 27.5. The highest BCUT2D eigenvalue weighted by molar-refractivity contribution is 7.80. The topological polar surface area (TPSA) is 120 Å². The molecule has 10 heteroatoms. The van der Waals surface area contributed by atoms with Crippen LogP contribution in [0, 0.1) is 17.0 Å². The number of rotatable bonds is 5. The molecule has 0 saturated carbocycles. The molecule has 0 aliphatic carbocycles. The number of nitro groups is 1. The number of ether oxygens (including phenoxy) is 1. The first-order chi connectivity index (χ1) is 15.8. The average Bonchev–Trinajstić information content (AvgIpc) is 3.22. The minimum Gasteiger partial charge on any atom is -0.490 e. The van der Waals surface area contributed by atoms with Crippen LogP contribution in [0.4, 0.5) is 11.4 Å². The summed E-state index contributed by atoms with van der Waals surface area (Å²) in [6.07, 6.45) is 0. The number of hydrogen-bond donors (Lipinski definition) is 2. The third kappa shape index (κ3) is 4.80. The maximum atomic E-state index is 12.4. The first kappa shape index (κ1) is 21.9. The van der Waals surface area contributed by atoms with Crippen LogP contribution in [0.1, 0.15) is 15.9 Å². The van der Waals surface area contributed by atoms with E-state index in [2.05, 4.69) is 15.6 Å². The number of nitro benzene ring substituents is 1. The average molecular weight is 462 g/mol. The number of nitrogens with one attached hydrogen (secondary N) is 2. The molecule has 3 aromatic carbocycles. The van der Waals surface area contributed by atoms with Gasteiger partial charge in [-0.2, -0.15) is 0 Å². The van der Waals surface area contributed by atoms with Gasteiger partial charge in [-0.05, 0) is 73.2 Å². The van der Waals surface area contributed by atoms with Gasteiger partial charge >= 0.3 is 5.69 Å². The van der Waals surface area contributed by atoms with Gasteiger partial charge in [0.2, 0.25) is 5.89 Å². The van der Waals surface area contributed by atoms with E-state index in [1.807, 2.05) is 37.3 Å². The summed E-state index contributed by atoms with van der Waals surface area (Å²) in [7, 11) is 1.32. The maximum absolute atomic E-state index is 12.4. The zero-order chi connectivity index (χ0) is 23.5. The van der Waals surface area contributed by atoms with Crippen LogP contribution in [0.15, 0.2) is 65.1 Å². The van der Waals surface area contributed by atoms with E-state index in [1.165, 1.54) is 19.2 Å². The molecule has 0 saturated heterocycles. The van der Waals surface area contributed by atoms with Crippen molar-refractivity contribution in [3.63, 3.8) is 0 Å². The number of carbonyl (C=O) groups excluding carboxylic acids is 1. The van der Waals surface area contributed by atoms with Crippen molar-refractivity contribution in [2.75, 3.05) is 12.4 Å². The molecule has 4 aromatic rings. The summed E-state index contributed by atoms with van der Waals surface area (Å²) in [5.41, 5.74) is 3.78. The lowest BCUT2D eigenvalue weighted by molar-refractivity contribution is -0.385. The Morgan fingerprint density at radius 2 is 1.88 bits per heavy atom. The third-order valence-corrected chi connectivity index (χ3v) is 5.00. The zero-order valence-electron chi connectivity index (χ0n) is 17.6. The highest BCUT2D eigenvalue weighted by atomic mass is 32.1. The van der Waals surface area contributed by atoms with Gasteiger partial charge in [-0.1, -0.05) is 6.07 Å². The fourth-order valence-corrected chi connectivity index (χ4v) is 3.38. The summed E-state index contributed by atoms with van der Waals surface area (Å²) >= 11 is 5.19. The van der Waals surface area contributed by atoms with Crippen molar-refractivity contribution in [1.82, 2.24) is 10.3 Å².